The van der Waals surface area contributed by atoms with Crippen LogP contribution < -0.4 is 5.64 Å². The standard InChI is InChI=1S/C37H74N2O6/c1-6-9-12-14-16-21-31-42-36(43-32-22-17-15-13-10-7-2)25-20-19-24-35(40)41-33-26-34(23-18-11-8-3)44-38-45-37(4)27-29-39(5)30-28-37/h34,36,38H,6-33H2,1-5H3. The van der Waals surface area contributed by atoms with Crippen molar-refractivity contribution in [2.24, 2.45) is 0 Å². The van der Waals surface area contributed by atoms with Crippen molar-refractivity contribution in [3.63, 3.8) is 0 Å². The number of esters is 1. The van der Waals surface area contributed by atoms with Crippen LogP contribution in [0.15, 0.2) is 0 Å². The first-order chi connectivity index (χ1) is 21.9. The lowest BCUT2D eigenvalue weighted by atomic mass is 9.94. The third-order valence-corrected chi connectivity index (χ3v) is 9.05. The normalized spacial score (nSPS) is 16.0. The van der Waals surface area contributed by atoms with Gasteiger partial charge in [-0.05, 0) is 65.3 Å². The van der Waals surface area contributed by atoms with Gasteiger partial charge in [0.25, 0.3) is 0 Å². The molecular weight excluding hydrogens is 568 g/mol. The van der Waals surface area contributed by atoms with E-state index in [9.17, 15) is 4.79 Å². The predicted molar refractivity (Wildman–Crippen MR) is 185 cm³/mol. The number of ether oxygens (including phenoxy) is 3. The van der Waals surface area contributed by atoms with E-state index in [1.54, 1.807) is 0 Å². The van der Waals surface area contributed by atoms with Crippen molar-refractivity contribution >= 4 is 5.97 Å². The molecule has 1 atom stereocenters. The molecule has 0 bridgehead atoms. The number of nitrogens with zero attached hydrogens (tertiary/aromatic N) is 1. The summed E-state index contributed by atoms with van der Waals surface area (Å²) in [5, 5.41) is 0. The molecule has 8 heteroatoms. The van der Waals surface area contributed by atoms with E-state index in [1.807, 2.05) is 0 Å². The fourth-order valence-corrected chi connectivity index (χ4v) is 5.64. The Bertz CT molecular complexity index is 641. The average molecular weight is 643 g/mol. The van der Waals surface area contributed by atoms with Crippen LogP contribution >= 0.6 is 0 Å². The van der Waals surface area contributed by atoms with E-state index in [4.69, 9.17) is 23.9 Å². The molecule has 1 aliphatic rings. The highest BCUT2D eigenvalue weighted by Crippen LogP contribution is 2.24. The minimum atomic E-state index is -0.218. The highest BCUT2D eigenvalue weighted by atomic mass is 16.9. The molecule has 45 heavy (non-hydrogen) atoms. The molecule has 1 unspecified atom stereocenters. The van der Waals surface area contributed by atoms with Gasteiger partial charge >= 0.3 is 5.97 Å². The second-order valence-electron chi connectivity index (χ2n) is 13.6. The molecule has 1 saturated heterocycles. The van der Waals surface area contributed by atoms with Gasteiger partial charge in [-0.15, -0.1) is 0 Å². The van der Waals surface area contributed by atoms with Crippen LogP contribution in [0.3, 0.4) is 0 Å². The van der Waals surface area contributed by atoms with E-state index in [2.05, 4.69) is 45.3 Å². The van der Waals surface area contributed by atoms with Crippen LogP contribution in [0.2, 0.25) is 0 Å². The SMILES string of the molecule is CCCCCCCCOC(CCCCC(=O)OCCC(CCCCC)ONOC1(C)CCN(C)CC1)OCCCCCCCC. The van der Waals surface area contributed by atoms with Crippen LogP contribution in [0.25, 0.3) is 0 Å². The summed E-state index contributed by atoms with van der Waals surface area (Å²) in [6.45, 7) is 12.8. The molecule has 1 N–H and O–H groups in total. The molecule has 1 rings (SSSR count). The second kappa shape index (κ2) is 29.4. The Hall–Kier alpha value is -0.770. The number of carbonyl (C=O) groups is 1. The zero-order chi connectivity index (χ0) is 32.9. The quantitative estimate of drug-likeness (QED) is 0.0337. The Kier molecular flexibility index (Phi) is 27.6. The van der Waals surface area contributed by atoms with Crippen molar-refractivity contribution in [1.29, 1.82) is 0 Å². The maximum Gasteiger partial charge on any atom is 0.305 e. The fourth-order valence-electron chi connectivity index (χ4n) is 5.64. The van der Waals surface area contributed by atoms with Crippen LogP contribution in [-0.2, 0) is 28.7 Å². The largest absolute Gasteiger partial charge is 0.466 e. The van der Waals surface area contributed by atoms with Gasteiger partial charge in [-0.2, -0.15) is 0 Å². The molecule has 8 nitrogen and oxygen atoms in total. The smallest absolute Gasteiger partial charge is 0.305 e. The molecule has 0 amide bonds. The van der Waals surface area contributed by atoms with Crippen LogP contribution in [0.4, 0.5) is 0 Å². The van der Waals surface area contributed by atoms with Crippen LogP contribution in [0.5, 0.6) is 0 Å². The number of rotatable bonds is 32. The third-order valence-electron chi connectivity index (χ3n) is 9.05. The van der Waals surface area contributed by atoms with E-state index >= 15 is 0 Å². The van der Waals surface area contributed by atoms with E-state index in [0.29, 0.717) is 19.4 Å². The maximum absolute atomic E-state index is 12.5. The number of unbranched alkanes of at least 4 members (excludes halogenated alkanes) is 13. The van der Waals surface area contributed by atoms with E-state index in [0.717, 1.165) is 96.9 Å². The average Bonchev–Trinajstić information content (AvgIpc) is 3.03. The summed E-state index contributed by atoms with van der Waals surface area (Å²) in [5.41, 5.74) is 2.59. The van der Waals surface area contributed by atoms with Gasteiger partial charge in [0.1, 0.15) is 0 Å². The molecule has 0 aromatic rings. The van der Waals surface area contributed by atoms with Crippen LogP contribution in [0.1, 0.15) is 175 Å². The number of hydrogen-bond acceptors (Lipinski definition) is 8. The van der Waals surface area contributed by atoms with Gasteiger partial charge in [0.15, 0.2) is 6.29 Å². The molecule has 268 valence electrons. The van der Waals surface area contributed by atoms with E-state index in [1.165, 1.54) is 64.2 Å². The third kappa shape index (κ3) is 25.0. The molecule has 0 aromatic heterocycles. The van der Waals surface area contributed by atoms with Gasteiger partial charge in [0.2, 0.25) is 0 Å². The molecule has 0 aliphatic carbocycles. The van der Waals surface area contributed by atoms with Gasteiger partial charge in [-0.25, -0.2) is 0 Å². The van der Waals surface area contributed by atoms with Gasteiger partial charge < -0.3 is 19.1 Å². The van der Waals surface area contributed by atoms with Crippen molar-refractivity contribution in [2.75, 3.05) is 40.0 Å². The predicted octanol–water partition coefficient (Wildman–Crippen LogP) is 9.45. The Labute approximate surface area is 278 Å². The Morgan fingerprint density at radius 2 is 1.22 bits per heavy atom. The van der Waals surface area contributed by atoms with Gasteiger partial charge in [-0.3, -0.25) is 14.5 Å². The number of carbonyl (C=O) groups excluding carboxylic acids is 1. The first-order valence-electron chi connectivity index (χ1n) is 19.1. The number of piperidine rings is 1. The summed E-state index contributed by atoms with van der Waals surface area (Å²) in [6.07, 6.45) is 24.7. The second-order valence-corrected chi connectivity index (χ2v) is 13.6. The number of likely N-dealkylation sites (tertiary alicyclic amines) is 1. The maximum atomic E-state index is 12.5. The van der Waals surface area contributed by atoms with Crippen molar-refractivity contribution in [1.82, 2.24) is 10.5 Å². The molecular formula is C37H74N2O6. The summed E-state index contributed by atoms with van der Waals surface area (Å²) >= 11 is 0. The number of nitrogens with one attached hydrogen (secondary N) is 1. The summed E-state index contributed by atoms with van der Waals surface area (Å²) in [4.78, 5) is 26.7. The summed E-state index contributed by atoms with van der Waals surface area (Å²) in [6, 6.07) is 0. The molecule has 0 saturated carbocycles. The highest BCUT2D eigenvalue weighted by Gasteiger charge is 2.30. The Balaban J connectivity index is 2.30. The lowest BCUT2D eigenvalue weighted by Crippen LogP contribution is -2.45. The zero-order valence-corrected chi connectivity index (χ0v) is 30.4. The highest BCUT2D eigenvalue weighted by molar-refractivity contribution is 5.69. The number of hydrogen-bond donors (Lipinski definition) is 1. The van der Waals surface area contributed by atoms with Crippen molar-refractivity contribution in [3.8, 4) is 0 Å². The van der Waals surface area contributed by atoms with Gasteiger partial charge in [0, 0.05) is 39.1 Å². The lowest BCUT2D eigenvalue weighted by molar-refractivity contribution is -0.261. The minimum absolute atomic E-state index is 0.0486. The fraction of sp³-hybridized carbons (Fsp3) is 0.973. The first-order valence-corrected chi connectivity index (χ1v) is 19.1. The van der Waals surface area contributed by atoms with Crippen molar-refractivity contribution < 1.29 is 28.7 Å². The lowest BCUT2D eigenvalue weighted by Gasteiger charge is -2.37. The van der Waals surface area contributed by atoms with Crippen molar-refractivity contribution in [3.05, 3.63) is 0 Å². The molecule has 1 heterocycles. The molecule has 0 radical (unpaired) electrons. The van der Waals surface area contributed by atoms with Crippen LogP contribution in [-0.4, -0.2) is 68.8 Å². The van der Waals surface area contributed by atoms with E-state index < -0.39 is 0 Å². The van der Waals surface area contributed by atoms with Gasteiger partial charge in [-0.1, -0.05) is 110 Å². The summed E-state index contributed by atoms with van der Waals surface area (Å²) in [5.74, 6) is -0.136. The van der Waals surface area contributed by atoms with Crippen LogP contribution in [0, 0.1) is 0 Å². The van der Waals surface area contributed by atoms with Gasteiger partial charge in [0.05, 0.1) is 18.3 Å². The summed E-state index contributed by atoms with van der Waals surface area (Å²) < 4.78 is 17.9. The first kappa shape index (κ1) is 42.3. The summed E-state index contributed by atoms with van der Waals surface area (Å²) in [7, 11) is 2.14. The van der Waals surface area contributed by atoms with E-state index in [-0.39, 0.29) is 24.0 Å². The molecule has 0 aromatic carbocycles. The minimum Gasteiger partial charge on any atom is -0.466 e. The Morgan fingerprint density at radius 3 is 1.82 bits per heavy atom. The molecule has 0 spiro atoms. The molecule has 1 aliphatic heterocycles. The Morgan fingerprint density at radius 1 is 0.689 bits per heavy atom. The zero-order valence-electron chi connectivity index (χ0n) is 30.4. The molecule has 1 fully saturated rings. The van der Waals surface area contributed by atoms with Crippen molar-refractivity contribution in [2.45, 2.75) is 193 Å². The monoisotopic (exact) mass is 643 g/mol. The topological polar surface area (TPSA) is 78.5 Å².